The van der Waals surface area contributed by atoms with Crippen LogP contribution in [0.15, 0.2) is 65.5 Å². The first kappa shape index (κ1) is 18.1. The molecule has 5 nitrogen and oxygen atoms in total. The molecule has 148 valence electrons. The quantitative estimate of drug-likeness (QED) is 0.863. The fourth-order valence-corrected chi connectivity index (χ4v) is 4.49. The third-order valence-electron chi connectivity index (χ3n) is 6.13. The summed E-state index contributed by atoms with van der Waals surface area (Å²) >= 11 is 0. The van der Waals surface area contributed by atoms with Crippen LogP contribution in [-0.2, 0) is 11.3 Å². The average Bonchev–Trinajstić information content (AvgIpc) is 3.24. The van der Waals surface area contributed by atoms with E-state index in [2.05, 4.69) is 23.4 Å². The van der Waals surface area contributed by atoms with Crippen LogP contribution in [0.4, 0.5) is 4.39 Å². The molecule has 1 aromatic carbocycles. The van der Waals surface area contributed by atoms with Gasteiger partial charge in [0.05, 0.1) is 6.04 Å². The van der Waals surface area contributed by atoms with Crippen LogP contribution in [0.5, 0.6) is 0 Å². The topological polar surface area (TPSA) is 47.9 Å². The van der Waals surface area contributed by atoms with Crippen molar-refractivity contribution in [2.24, 2.45) is 16.8 Å². The average molecular weight is 390 g/mol. The third kappa shape index (κ3) is 3.04. The van der Waals surface area contributed by atoms with Gasteiger partial charge in [0.15, 0.2) is 0 Å². The molecular formula is C23H23FN4O. The van der Waals surface area contributed by atoms with Gasteiger partial charge >= 0.3 is 0 Å². The van der Waals surface area contributed by atoms with Gasteiger partial charge in [-0.05, 0) is 28.7 Å². The summed E-state index contributed by atoms with van der Waals surface area (Å²) in [6.45, 7) is 2.94. The Kier molecular flexibility index (Phi) is 4.24. The molecule has 1 saturated heterocycles. The van der Waals surface area contributed by atoms with E-state index in [1.807, 2.05) is 42.6 Å². The molecule has 0 spiro atoms. The largest absolute Gasteiger partial charge is 0.332 e. The van der Waals surface area contributed by atoms with Crippen LogP contribution in [-0.4, -0.2) is 41.2 Å². The maximum Gasteiger partial charge on any atom is 0.268 e. The SMILES string of the molecule is CC1C=CN=C2C(=O)N(Cc3ccc(C4=CC=CC5NN(C)C=C45)cc3F)CC21. The number of amides is 1. The molecule has 3 heterocycles. The first-order valence-corrected chi connectivity index (χ1v) is 9.93. The number of benzene rings is 1. The van der Waals surface area contributed by atoms with E-state index < -0.39 is 0 Å². The highest BCUT2D eigenvalue weighted by molar-refractivity contribution is 6.41. The Balaban J connectivity index is 1.38. The second-order valence-electron chi connectivity index (χ2n) is 8.08. The van der Waals surface area contributed by atoms with Crippen molar-refractivity contribution in [3.05, 3.63) is 77.4 Å². The Morgan fingerprint density at radius 3 is 2.97 bits per heavy atom. The van der Waals surface area contributed by atoms with Gasteiger partial charge in [-0.3, -0.25) is 9.79 Å². The Morgan fingerprint density at radius 1 is 1.31 bits per heavy atom. The van der Waals surface area contributed by atoms with Gasteiger partial charge in [0.25, 0.3) is 5.91 Å². The zero-order valence-electron chi connectivity index (χ0n) is 16.5. The van der Waals surface area contributed by atoms with Crippen LogP contribution in [0.2, 0.25) is 0 Å². The maximum atomic E-state index is 15.0. The first-order chi connectivity index (χ1) is 14.0. The number of carbonyl (C=O) groups is 1. The van der Waals surface area contributed by atoms with Gasteiger partial charge in [0.1, 0.15) is 11.5 Å². The summed E-state index contributed by atoms with van der Waals surface area (Å²) in [7, 11) is 1.95. The molecule has 4 aliphatic rings. The molecule has 3 atom stereocenters. The summed E-state index contributed by atoms with van der Waals surface area (Å²) < 4.78 is 15.0. The van der Waals surface area contributed by atoms with Crippen molar-refractivity contribution in [2.45, 2.75) is 19.5 Å². The van der Waals surface area contributed by atoms with Crippen molar-refractivity contribution in [1.29, 1.82) is 0 Å². The number of fused-ring (bicyclic) bond motifs is 2. The molecule has 1 aliphatic carbocycles. The second kappa shape index (κ2) is 6.81. The van der Waals surface area contributed by atoms with Crippen LogP contribution in [0.3, 0.4) is 0 Å². The molecule has 0 aromatic heterocycles. The highest BCUT2D eigenvalue weighted by atomic mass is 19.1. The van der Waals surface area contributed by atoms with E-state index in [1.165, 1.54) is 0 Å². The van der Waals surface area contributed by atoms with Crippen molar-refractivity contribution < 1.29 is 9.18 Å². The molecule has 0 radical (unpaired) electrons. The van der Waals surface area contributed by atoms with E-state index >= 15 is 0 Å². The van der Waals surface area contributed by atoms with E-state index in [-0.39, 0.29) is 36.1 Å². The lowest BCUT2D eigenvalue weighted by molar-refractivity contribution is -0.123. The van der Waals surface area contributed by atoms with Crippen LogP contribution < -0.4 is 5.43 Å². The first-order valence-electron chi connectivity index (χ1n) is 9.93. The number of carbonyl (C=O) groups excluding carboxylic acids is 1. The molecule has 0 bridgehead atoms. The zero-order chi connectivity index (χ0) is 20.1. The van der Waals surface area contributed by atoms with Gasteiger partial charge in [-0.25, -0.2) is 9.82 Å². The molecular weight excluding hydrogens is 367 g/mol. The highest BCUT2D eigenvalue weighted by Gasteiger charge is 2.40. The van der Waals surface area contributed by atoms with Gasteiger partial charge in [0, 0.05) is 44.0 Å². The van der Waals surface area contributed by atoms with Gasteiger partial charge in [0.2, 0.25) is 0 Å². The van der Waals surface area contributed by atoms with Crippen molar-refractivity contribution in [3.63, 3.8) is 0 Å². The maximum absolute atomic E-state index is 15.0. The fourth-order valence-electron chi connectivity index (χ4n) is 4.49. The summed E-state index contributed by atoms with van der Waals surface area (Å²) in [5.41, 5.74) is 7.43. The van der Waals surface area contributed by atoms with E-state index in [0.29, 0.717) is 17.8 Å². The minimum Gasteiger partial charge on any atom is -0.332 e. The van der Waals surface area contributed by atoms with Crippen LogP contribution >= 0.6 is 0 Å². The number of aliphatic imine (C=N–C) groups is 1. The van der Waals surface area contributed by atoms with Crippen molar-refractivity contribution in [3.8, 4) is 0 Å². The number of nitrogens with one attached hydrogen (secondary N) is 1. The van der Waals surface area contributed by atoms with Gasteiger partial charge in [-0.1, -0.05) is 43.4 Å². The van der Waals surface area contributed by atoms with E-state index in [9.17, 15) is 9.18 Å². The van der Waals surface area contributed by atoms with Crippen LogP contribution in [0, 0.1) is 17.7 Å². The number of nitrogens with zero attached hydrogens (tertiary/aromatic N) is 3. The van der Waals surface area contributed by atoms with Gasteiger partial charge in [-0.2, -0.15) is 0 Å². The number of halogens is 1. The standard InChI is InChI=1S/C23H23FN4O/c1-14-8-9-25-22-18(14)13-28(23(22)29)11-16-7-6-15(10-20(16)24)17-4-3-5-21-19(17)12-27(2)26-21/h3-10,12,14,18,21,26H,11,13H2,1-2H3. The molecule has 3 unspecified atom stereocenters. The molecule has 3 aliphatic heterocycles. The lowest BCUT2D eigenvalue weighted by Crippen LogP contribution is -2.32. The number of hydrogen-bond acceptors (Lipinski definition) is 4. The predicted molar refractivity (Wildman–Crippen MR) is 111 cm³/mol. The van der Waals surface area contributed by atoms with Gasteiger partial charge < -0.3 is 9.91 Å². The number of allylic oxidation sites excluding steroid dienone is 3. The lowest BCUT2D eigenvalue weighted by Gasteiger charge is -2.20. The minimum absolute atomic E-state index is 0.0807. The fraction of sp³-hybridized carbons (Fsp3) is 0.304. The number of likely N-dealkylation sites (tertiary alicyclic amines) is 1. The summed E-state index contributed by atoms with van der Waals surface area (Å²) in [6.07, 6.45) is 11.8. The number of rotatable bonds is 3. The Labute approximate surface area is 169 Å². The minimum atomic E-state index is -0.287. The van der Waals surface area contributed by atoms with Crippen molar-refractivity contribution in [2.75, 3.05) is 13.6 Å². The molecule has 5 rings (SSSR count). The number of hydrogen-bond donors (Lipinski definition) is 1. The van der Waals surface area contributed by atoms with E-state index in [0.717, 1.165) is 16.7 Å². The van der Waals surface area contributed by atoms with Crippen molar-refractivity contribution in [1.82, 2.24) is 15.3 Å². The van der Waals surface area contributed by atoms with Gasteiger partial charge in [-0.15, -0.1) is 0 Å². The number of hydrazine groups is 1. The molecule has 1 amide bonds. The molecule has 1 aromatic rings. The smallest absolute Gasteiger partial charge is 0.268 e. The monoisotopic (exact) mass is 390 g/mol. The molecule has 1 fully saturated rings. The molecule has 29 heavy (non-hydrogen) atoms. The highest BCUT2D eigenvalue weighted by Crippen LogP contribution is 2.34. The van der Waals surface area contributed by atoms with Crippen molar-refractivity contribution >= 4 is 17.2 Å². The molecule has 6 heteroatoms. The molecule has 1 N–H and O–H groups in total. The summed E-state index contributed by atoms with van der Waals surface area (Å²) in [5.74, 6) is 0.00662. The Hall–Kier alpha value is -2.99. The summed E-state index contributed by atoms with van der Waals surface area (Å²) in [4.78, 5) is 18.7. The van der Waals surface area contributed by atoms with E-state index in [4.69, 9.17) is 0 Å². The predicted octanol–water partition coefficient (Wildman–Crippen LogP) is 3.04. The molecule has 0 saturated carbocycles. The van der Waals surface area contributed by atoms with Crippen LogP contribution in [0.1, 0.15) is 18.1 Å². The van der Waals surface area contributed by atoms with Crippen LogP contribution in [0.25, 0.3) is 5.57 Å². The second-order valence-corrected chi connectivity index (χ2v) is 8.08. The summed E-state index contributed by atoms with van der Waals surface area (Å²) in [5, 5.41) is 1.92. The summed E-state index contributed by atoms with van der Waals surface area (Å²) in [6, 6.07) is 5.43. The lowest BCUT2D eigenvalue weighted by atomic mass is 9.89. The third-order valence-corrected chi connectivity index (χ3v) is 6.13. The Morgan fingerprint density at radius 2 is 2.17 bits per heavy atom. The normalized spacial score (nSPS) is 27.6. The Bertz CT molecular complexity index is 1040. The van der Waals surface area contributed by atoms with E-state index in [1.54, 1.807) is 23.2 Å². The zero-order valence-corrected chi connectivity index (χ0v) is 16.5.